The lowest BCUT2D eigenvalue weighted by Crippen LogP contribution is -2.33. The molecular weight excluding hydrogens is 330 g/mol. The van der Waals surface area contributed by atoms with Crippen molar-refractivity contribution >= 4 is 12.4 Å². The second-order valence-electron chi connectivity index (χ2n) is 7.00. The molecule has 0 unspecified atom stereocenters. The quantitative estimate of drug-likeness (QED) is 0.668. The van der Waals surface area contributed by atoms with Crippen molar-refractivity contribution in [3.05, 3.63) is 65.7 Å². The fourth-order valence-electron chi connectivity index (χ4n) is 3.72. The van der Waals surface area contributed by atoms with E-state index >= 15 is 0 Å². The minimum atomic E-state index is 0. The van der Waals surface area contributed by atoms with Crippen LogP contribution in [-0.2, 0) is 6.42 Å². The topological polar surface area (TPSA) is 23.5 Å². The Morgan fingerprint density at radius 1 is 0.840 bits per heavy atom. The van der Waals surface area contributed by atoms with Crippen LogP contribution in [0.15, 0.2) is 54.6 Å². The van der Waals surface area contributed by atoms with Crippen molar-refractivity contribution in [1.82, 2.24) is 4.90 Å². The van der Waals surface area contributed by atoms with Gasteiger partial charge in [0.1, 0.15) is 5.75 Å². The molecule has 1 aliphatic heterocycles. The number of piperidine rings is 1. The fraction of sp³-hybridized carbons (Fsp3) is 0.455. The molecule has 2 aromatic rings. The number of halogens is 1. The second-order valence-corrected chi connectivity index (χ2v) is 7.00. The Bertz CT molecular complexity index is 591. The summed E-state index contributed by atoms with van der Waals surface area (Å²) in [5.41, 5.74) is 2.85. The van der Waals surface area contributed by atoms with Gasteiger partial charge in [-0.3, -0.25) is 0 Å². The second kappa shape index (κ2) is 10.5. The third-order valence-electron chi connectivity index (χ3n) is 5.23. The third kappa shape index (κ3) is 6.37. The predicted octanol–water partition coefficient (Wildman–Crippen LogP) is 5.41. The minimum absolute atomic E-state index is 0. The molecule has 25 heavy (non-hydrogen) atoms. The summed E-state index contributed by atoms with van der Waals surface area (Å²) in [6, 6.07) is 18.6. The summed E-state index contributed by atoms with van der Waals surface area (Å²) in [4.78, 5) is 2.62. The van der Waals surface area contributed by atoms with Gasteiger partial charge in [0.2, 0.25) is 0 Å². The molecular formula is C22H30ClNO. The molecule has 1 aliphatic rings. The molecule has 0 saturated carbocycles. The Kier molecular flexibility index (Phi) is 8.30. The van der Waals surface area contributed by atoms with Crippen LogP contribution in [0.3, 0.4) is 0 Å². The maximum absolute atomic E-state index is 9.40. The van der Waals surface area contributed by atoms with E-state index in [1.165, 1.54) is 69.3 Å². The summed E-state index contributed by atoms with van der Waals surface area (Å²) in [5, 5.41) is 9.40. The number of aryl methyl sites for hydroxylation is 1. The SMILES string of the molecule is Cl.Oc1ccc(C2CCN(CCCCCc3ccccc3)CC2)cc1. The molecule has 1 heterocycles. The van der Waals surface area contributed by atoms with E-state index in [-0.39, 0.29) is 12.4 Å². The molecule has 1 N–H and O–H groups in total. The van der Waals surface area contributed by atoms with E-state index in [0.717, 1.165) is 0 Å². The van der Waals surface area contributed by atoms with E-state index in [0.29, 0.717) is 11.7 Å². The fourth-order valence-corrected chi connectivity index (χ4v) is 3.72. The van der Waals surface area contributed by atoms with Crippen molar-refractivity contribution in [2.75, 3.05) is 19.6 Å². The van der Waals surface area contributed by atoms with Crippen LogP contribution in [0.1, 0.15) is 49.1 Å². The number of rotatable bonds is 7. The zero-order chi connectivity index (χ0) is 16.6. The van der Waals surface area contributed by atoms with Gasteiger partial charge in [0.25, 0.3) is 0 Å². The molecule has 0 atom stereocenters. The smallest absolute Gasteiger partial charge is 0.115 e. The lowest BCUT2D eigenvalue weighted by atomic mass is 9.89. The van der Waals surface area contributed by atoms with Crippen molar-refractivity contribution in [3.8, 4) is 5.75 Å². The van der Waals surface area contributed by atoms with Gasteiger partial charge < -0.3 is 10.0 Å². The number of phenolic OH excluding ortho intramolecular Hbond substituents is 1. The average Bonchev–Trinajstić information content (AvgIpc) is 2.64. The number of hydrogen-bond acceptors (Lipinski definition) is 2. The maximum Gasteiger partial charge on any atom is 0.115 e. The van der Waals surface area contributed by atoms with Gasteiger partial charge in [0.05, 0.1) is 0 Å². The van der Waals surface area contributed by atoms with Crippen LogP contribution in [0, 0.1) is 0 Å². The average molecular weight is 360 g/mol. The van der Waals surface area contributed by atoms with E-state index in [1.807, 2.05) is 12.1 Å². The number of phenols is 1. The lowest BCUT2D eigenvalue weighted by Gasteiger charge is -2.32. The van der Waals surface area contributed by atoms with Gasteiger partial charge in [-0.25, -0.2) is 0 Å². The Hall–Kier alpha value is -1.51. The summed E-state index contributed by atoms with van der Waals surface area (Å²) in [5.74, 6) is 1.03. The zero-order valence-electron chi connectivity index (χ0n) is 14.9. The molecule has 0 bridgehead atoms. The van der Waals surface area contributed by atoms with Crippen molar-refractivity contribution in [2.45, 2.75) is 44.4 Å². The predicted molar refractivity (Wildman–Crippen MR) is 108 cm³/mol. The van der Waals surface area contributed by atoms with Crippen molar-refractivity contribution in [1.29, 1.82) is 0 Å². The van der Waals surface area contributed by atoms with Crippen LogP contribution in [0.5, 0.6) is 5.75 Å². The van der Waals surface area contributed by atoms with Crippen LogP contribution >= 0.6 is 12.4 Å². The van der Waals surface area contributed by atoms with Crippen molar-refractivity contribution in [3.63, 3.8) is 0 Å². The minimum Gasteiger partial charge on any atom is -0.508 e. The first kappa shape index (κ1) is 19.8. The van der Waals surface area contributed by atoms with E-state index in [2.05, 4.69) is 47.4 Å². The van der Waals surface area contributed by atoms with Gasteiger partial charge >= 0.3 is 0 Å². The number of hydrogen-bond donors (Lipinski definition) is 1. The van der Waals surface area contributed by atoms with Gasteiger partial charge in [-0.15, -0.1) is 12.4 Å². The first-order valence-electron chi connectivity index (χ1n) is 9.36. The van der Waals surface area contributed by atoms with Gasteiger partial charge in [0.15, 0.2) is 0 Å². The summed E-state index contributed by atoms with van der Waals surface area (Å²) in [7, 11) is 0. The molecule has 1 fully saturated rings. The molecule has 136 valence electrons. The molecule has 3 heteroatoms. The number of nitrogens with zero attached hydrogens (tertiary/aromatic N) is 1. The number of likely N-dealkylation sites (tertiary alicyclic amines) is 1. The molecule has 2 aromatic carbocycles. The molecule has 0 aliphatic carbocycles. The Labute approximate surface area is 158 Å². The number of benzene rings is 2. The highest BCUT2D eigenvalue weighted by molar-refractivity contribution is 5.85. The lowest BCUT2D eigenvalue weighted by molar-refractivity contribution is 0.208. The molecule has 0 spiro atoms. The normalized spacial score (nSPS) is 15.7. The monoisotopic (exact) mass is 359 g/mol. The standard InChI is InChI=1S/C22H29NO.ClH/c24-22-12-10-20(11-13-22)21-14-17-23(18-15-21)16-6-2-5-9-19-7-3-1-4-8-19;/h1,3-4,7-8,10-13,21,24H,2,5-6,9,14-18H2;1H. The van der Waals surface area contributed by atoms with Crippen molar-refractivity contribution < 1.29 is 5.11 Å². The van der Waals surface area contributed by atoms with Crippen LogP contribution < -0.4 is 0 Å². The van der Waals surface area contributed by atoms with Crippen LogP contribution in [0.4, 0.5) is 0 Å². The number of aromatic hydroxyl groups is 1. The molecule has 3 rings (SSSR count). The highest BCUT2D eigenvalue weighted by atomic mass is 35.5. The molecule has 0 radical (unpaired) electrons. The highest BCUT2D eigenvalue weighted by Crippen LogP contribution is 2.29. The zero-order valence-corrected chi connectivity index (χ0v) is 15.8. The van der Waals surface area contributed by atoms with Gasteiger partial charge in [-0.05, 0) is 80.9 Å². The Balaban J connectivity index is 0.00000225. The van der Waals surface area contributed by atoms with E-state index < -0.39 is 0 Å². The van der Waals surface area contributed by atoms with Crippen LogP contribution in [0.25, 0.3) is 0 Å². The largest absolute Gasteiger partial charge is 0.508 e. The van der Waals surface area contributed by atoms with Crippen molar-refractivity contribution in [2.24, 2.45) is 0 Å². The van der Waals surface area contributed by atoms with E-state index in [1.54, 1.807) is 0 Å². The summed E-state index contributed by atoms with van der Waals surface area (Å²) in [6.45, 7) is 3.67. The summed E-state index contributed by atoms with van der Waals surface area (Å²) < 4.78 is 0. The van der Waals surface area contributed by atoms with E-state index in [4.69, 9.17) is 0 Å². The first-order chi connectivity index (χ1) is 11.8. The molecule has 1 saturated heterocycles. The van der Waals surface area contributed by atoms with Gasteiger partial charge in [-0.2, -0.15) is 0 Å². The van der Waals surface area contributed by atoms with E-state index in [9.17, 15) is 5.11 Å². The Morgan fingerprint density at radius 3 is 2.20 bits per heavy atom. The van der Waals surface area contributed by atoms with Crippen LogP contribution in [0.2, 0.25) is 0 Å². The first-order valence-corrected chi connectivity index (χ1v) is 9.36. The van der Waals surface area contributed by atoms with Crippen LogP contribution in [-0.4, -0.2) is 29.6 Å². The third-order valence-corrected chi connectivity index (χ3v) is 5.23. The molecule has 0 amide bonds. The molecule has 2 nitrogen and oxygen atoms in total. The Morgan fingerprint density at radius 2 is 1.52 bits per heavy atom. The summed E-state index contributed by atoms with van der Waals surface area (Å²) in [6.07, 6.45) is 7.64. The van der Waals surface area contributed by atoms with Gasteiger partial charge in [-0.1, -0.05) is 48.9 Å². The summed E-state index contributed by atoms with van der Waals surface area (Å²) >= 11 is 0. The molecule has 0 aromatic heterocycles. The highest BCUT2D eigenvalue weighted by Gasteiger charge is 2.20. The van der Waals surface area contributed by atoms with Gasteiger partial charge in [0, 0.05) is 0 Å². The maximum atomic E-state index is 9.40. The number of unbranched alkanes of at least 4 members (excludes halogenated alkanes) is 2.